The van der Waals surface area contributed by atoms with Gasteiger partial charge in [0.15, 0.2) is 0 Å². The number of hydrogen-bond donors (Lipinski definition) is 1. The van der Waals surface area contributed by atoms with Gasteiger partial charge in [0.1, 0.15) is 11.5 Å². The summed E-state index contributed by atoms with van der Waals surface area (Å²) in [4.78, 5) is 0. The van der Waals surface area contributed by atoms with Crippen LogP contribution in [0, 0.1) is 13.8 Å². The van der Waals surface area contributed by atoms with Crippen LogP contribution in [0.1, 0.15) is 27.8 Å². The summed E-state index contributed by atoms with van der Waals surface area (Å²) in [6.45, 7) is 4.78. The number of rotatable bonds is 6. The quantitative estimate of drug-likeness (QED) is 0.670. The first-order valence-corrected chi connectivity index (χ1v) is 8.66. The van der Waals surface area contributed by atoms with Gasteiger partial charge in [0.2, 0.25) is 0 Å². The second-order valence-electron chi connectivity index (χ2n) is 6.49. The van der Waals surface area contributed by atoms with Crippen molar-refractivity contribution in [1.82, 2.24) is 0 Å². The van der Waals surface area contributed by atoms with E-state index in [2.05, 4.69) is 44.2 Å². The van der Waals surface area contributed by atoms with E-state index in [1.807, 2.05) is 30.3 Å². The molecule has 0 saturated heterocycles. The number of hydrogen-bond acceptors (Lipinski definition) is 2. The standard InChI is InChI=1S/C23H24O2/c1-17-8-11-23(18(2)14-17)25-13-12-20-9-10-22(24)21(16-20)15-19-6-4-3-5-7-19/h3-11,14,16,24H,12-13,15H2,1-2H3. The molecular formula is C23H24O2. The fraction of sp³-hybridized carbons (Fsp3) is 0.217. The Kier molecular flexibility index (Phi) is 5.39. The van der Waals surface area contributed by atoms with Crippen molar-refractivity contribution in [1.29, 1.82) is 0 Å². The van der Waals surface area contributed by atoms with E-state index >= 15 is 0 Å². The van der Waals surface area contributed by atoms with Gasteiger partial charge in [-0.05, 0) is 48.2 Å². The SMILES string of the molecule is Cc1ccc(OCCc2ccc(O)c(Cc3ccccc3)c2)c(C)c1. The molecule has 0 aromatic heterocycles. The van der Waals surface area contributed by atoms with Crippen LogP contribution in [-0.2, 0) is 12.8 Å². The lowest BCUT2D eigenvalue weighted by Gasteiger charge is -2.11. The fourth-order valence-corrected chi connectivity index (χ4v) is 2.99. The van der Waals surface area contributed by atoms with Gasteiger partial charge in [-0.15, -0.1) is 0 Å². The molecule has 3 aromatic carbocycles. The molecule has 1 N–H and O–H groups in total. The average Bonchev–Trinajstić information content (AvgIpc) is 2.60. The Morgan fingerprint density at radius 1 is 0.840 bits per heavy atom. The largest absolute Gasteiger partial charge is 0.508 e. The first-order valence-electron chi connectivity index (χ1n) is 8.66. The third-order valence-electron chi connectivity index (χ3n) is 4.36. The Morgan fingerprint density at radius 3 is 2.40 bits per heavy atom. The van der Waals surface area contributed by atoms with Crippen LogP contribution in [0.15, 0.2) is 66.7 Å². The van der Waals surface area contributed by atoms with Gasteiger partial charge >= 0.3 is 0 Å². The highest BCUT2D eigenvalue weighted by molar-refractivity contribution is 5.40. The van der Waals surface area contributed by atoms with Gasteiger partial charge in [-0.2, -0.15) is 0 Å². The van der Waals surface area contributed by atoms with E-state index in [1.165, 1.54) is 16.7 Å². The van der Waals surface area contributed by atoms with E-state index in [0.29, 0.717) is 12.4 Å². The first kappa shape index (κ1) is 17.1. The van der Waals surface area contributed by atoms with Crippen molar-refractivity contribution in [3.05, 3.63) is 94.5 Å². The lowest BCUT2D eigenvalue weighted by Crippen LogP contribution is -2.03. The van der Waals surface area contributed by atoms with Crippen molar-refractivity contribution in [2.45, 2.75) is 26.7 Å². The molecule has 0 spiro atoms. The molecular weight excluding hydrogens is 308 g/mol. The summed E-state index contributed by atoms with van der Waals surface area (Å²) in [5, 5.41) is 10.1. The summed E-state index contributed by atoms with van der Waals surface area (Å²) < 4.78 is 5.92. The minimum absolute atomic E-state index is 0.350. The van der Waals surface area contributed by atoms with Crippen molar-refractivity contribution in [3.63, 3.8) is 0 Å². The molecule has 25 heavy (non-hydrogen) atoms. The van der Waals surface area contributed by atoms with Crippen LogP contribution in [-0.4, -0.2) is 11.7 Å². The summed E-state index contributed by atoms with van der Waals surface area (Å²) in [5.74, 6) is 1.29. The normalized spacial score (nSPS) is 10.6. The zero-order valence-electron chi connectivity index (χ0n) is 14.8. The maximum atomic E-state index is 10.1. The van der Waals surface area contributed by atoms with Crippen molar-refractivity contribution in [2.75, 3.05) is 6.61 Å². The molecule has 0 amide bonds. The highest BCUT2D eigenvalue weighted by Crippen LogP contribution is 2.23. The Bertz CT molecular complexity index is 838. The molecule has 0 unspecified atom stereocenters. The molecule has 0 fully saturated rings. The number of phenolic OH excluding ortho intramolecular Hbond substituents is 1. The van der Waals surface area contributed by atoms with Crippen molar-refractivity contribution < 1.29 is 9.84 Å². The van der Waals surface area contributed by atoms with Crippen LogP contribution in [0.2, 0.25) is 0 Å². The molecule has 0 aliphatic carbocycles. The van der Waals surface area contributed by atoms with Crippen molar-refractivity contribution in [2.24, 2.45) is 0 Å². The predicted octanol–water partition coefficient (Wildman–Crippen LogP) is 5.22. The van der Waals surface area contributed by atoms with Crippen LogP contribution >= 0.6 is 0 Å². The minimum atomic E-state index is 0.350. The molecule has 0 atom stereocenters. The molecule has 128 valence electrons. The van der Waals surface area contributed by atoms with Crippen LogP contribution in [0.3, 0.4) is 0 Å². The molecule has 2 heteroatoms. The Morgan fingerprint density at radius 2 is 1.64 bits per heavy atom. The van der Waals surface area contributed by atoms with Crippen molar-refractivity contribution >= 4 is 0 Å². The van der Waals surface area contributed by atoms with Crippen LogP contribution in [0.4, 0.5) is 0 Å². The van der Waals surface area contributed by atoms with Crippen molar-refractivity contribution in [3.8, 4) is 11.5 Å². The number of phenols is 1. The van der Waals surface area contributed by atoms with Gasteiger partial charge in [0.05, 0.1) is 6.61 Å². The van der Waals surface area contributed by atoms with E-state index in [0.717, 1.165) is 29.7 Å². The molecule has 3 rings (SSSR count). The van der Waals surface area contributed by atoms with E-state index < -0.39 is 0 Å². The topological polar surface area (TPSA) is 29.5 Å². The molecule has 2 nitrogen and oxygen atoms in total. The average molecular weight is 332 g/mol. The zero-order chi connectivity index (χ0) is 17.6. The summed E-state index contributed by atoms with van der Waals surface area (Å²) >= 11 is 0. The third kappa shape index (κ3) is 4.63. The highest BCUT2D eigenvalue weighted by atomic mass is 16.5. The van der Waals surface area contributed by atoms with E-state index in [1.54, 1.807) is 6.07 Å². The van der Waals surface area contributed by atoms with Crippen LogP contribution < -0.4 is 4.74 Å². The maximum Gasteiger partial charge on any atom is 0.122 e. The molecule has 0 bridgehead atoms. The first-order chi connectivity index (χ1) is 12.1. The second kappa shape index (κ2) is 7.89. The number of benzene rings is 3. The Balaban J connectivity index is 1.64. The summed E-state index contributed by atoms with van der Waals surface area (Å²) in [5.41, 5.74) is 5.73. The minimum Gasteiger partial charge on any atom is -0.508 e. The van der Waals surface area contributed by atoms with E-state index in [9.17, 15) is 5.11 Å². The molecule has 0 heterocycles. The Labute approximate surface area is 149 Å². The number of ether oxygens (including phenoxy) is 1. The molecule has 0 radical (unpaired) electrons. The van der Waals surface area contributed by atoms with Crippen LogP contribution in [0.5, 0.6) is 11.5 Å². The van der Waals surface area contributed by atoms with Gasteiger partial charge < -0.3 is 9.84 Å². The molecule has 0 aliphatic rings. The van der Waals surface area contributed by atoms with Crippen LogP contribution in [0.25, 0.3) is 0 Å². The van der Waals surface area contributed by atoms with Gasteiger partial charge in [-0.1, -0.05) is 60.2 Å². The zero-order valence-corrected chi connectivity index (χ0v) is 14.8. The second-order valence-corrected chi connectivity index (χ2v) is 6.49. The van der Waals surface area contributed by atoms with E-state index in [-0.39, 0.29) is 0 Å². The van der Waals surface area contributed by atoms with Gasteiger partial charge in [-0.3, -0.25) is 0 Å². The lowest BCUT2D eigenvalue weighted by molar-refractivity contribution is 0.319. The fourth-order valence-electron chi connectivity index (χ4n) is 2.99. The lowest BCUT2D eigenvalue weighted by atomic mass is 10.0. The summed E-state index contributed by atoms with van der Waals surface area (Å²) in [7, 11) is 0. The van der Waals surface area contributed by atoms with E-state index in [4.69, 9.17) is 4.74 Å². The van der Waals surface area contributed by atoms with Gasteiger partial charge in [0.25, 0.3) is 0 Å². The summed E-state index contributed by atoms with van der Waals surface area (Å²) in [6, 6.07) is 22.3. The third-order valence-corrected chi connectivity index (χ3v) is 4.36. The Hall–Kier alpha value is -2.74. The highest BCUT2D eigenvalue weighted by Gasteiger charge is 2.05. The van der Waals surface area contributed by atoms with Gasteiger partial charge in [-0.25, -0.2) is 0 Å². The summed E-state index contributed by atoms with van der Waals surface area (Å²) in [6.07, 6.45) is 1.55. The molecule has 0 aliphatic heterocycles. The molecule has 0 saturated carbocycles. The predicted molar refractivity (Wildman–Crippen MR) is 102 cm³/mol. The maximum absolute atomic E-state index is 10.1. The number of aromatic hydroxyl groups is 1. The van der Waals surface area contributed by atoms with Gasteiger partial charge in [0, 0.05) is 12.8 Å². The monoisotopic (exact) mass is 332 g/mol. The smallest absolute Gasteiger partial charge is 0.122 e. The molecule has 3 aromatic rings. The number of aryl methyl sites for hydroxylation is 2.